The van der Waals surface area contributed by atoms with Crippen LogP contribution in [0.15, 0.2) is 23.8 Å². The third kappa shape index (κ3) is 4.28. The van der Waals surface area contributed by atoms with Gasteiger partial charge < -0.3 is 0 Å². The van der Waals surface area contributed by atoms with Crippen molar-refractivity contribution < 1.29 is 0 Å². The molecule has 1 unspecified atom stereocenters. The van der Waals surface area contributed by atoms with Gasteiger partial charge in [0.1, 0.15) is 0 Å². The van der Waals surface area contributed by atoms with E-state index in [1.54, 1.807) is 0 Å². The molecule has 1 atom stereocenters. The van der Waals surface area contributed by atoms with Crippen molar-refractivity contribution in [3.63, 3.8) is 0 Å². The Morgan fingerprint density at radius 3 is 2.36 bits per heavy atom. The lowest BCUT2D eigenvalue weighted by atomic mass is 9.79. The fourth-order valence-electron chi connectivity index (χ4n) is 1.29. The number of hydrogen-bond acceptors (Lipinski definition) is 1. The van der Waals surface area contributed by atoms with Gasteiger partial charge in [-0.1, -0.05) is 30.7 Å². The first-order chi connectivity index (χ1) is 6.60. The molecule has 1 nitrogen and oxygen atoms in total. The highest BCUT2D eigenvalue weighted by atomic mass is 14.4. The normalized spacial score (nSPS) is 14.8. The van der Waals surface area contributed by atoms with E-state index in [-0.39, 0.29) is 5.41 Å². The highest BCUT2D eigenvalue weighted by Crippen LogP contribution is 2.31. The third-order valence-electron chi connectivity index (χ3n) is 2.56. The highest BCUT2D eigenvalue weighted by Gasteiger charge is 2.24. The summed E-state index contributed by atoms with van der Waals surface area (Å²) in [5.74, 6) is 0. The van der Waals surface area contributed by atoms with E-state index >= 15 is 0 Å². The molecule has 0 spiro atoms. The van der Waals surface area contributed by atoms with Crippen LogP contribution in [0.4, 0.5) is 0 Å². The molecule has 0 heterocycles. The molecule has 0 aliphatic carbocycles. The highest BCUT2D eigenvalue weighted by molar-refractivity contribution is 5.08. The summed E-state index contributed by atoms with van der Waals surface area (Å²) in [7, 11) is 0. The summed E-state index contributed by atoms with van der Waals surface area (Å²) >= 11 is 0. The van der Waals surface area contributed by atoms with Crippen LogP contribution in [0.3, 0.4) is 0 Å². The van der Waals surface area contributed by atoms with E-state index < -0.39 is 0 Å². The van der Waals surface area contributed by atoms with Gasteiger partial charge in [0.15, 0.2) is 0 Å². The average Bonchev–Trinajstić information content (AvgIpc) is 2.19. The molecule has 0 saturated heterocycles. The van der Waals surface area contributed by atoms with Gasteiger partial charge in [-0.25, -0.2) is 0 Å². The predicted octanol–water partition coefficient (Wildman–Crippen LogP) is 4.23. The smallest absolute Gasteiger partial charge is 0.0696 e. The zero-order chi connectivity index (χ0) is 11.0. The Balaban J connectivity index is 4.55. The summed E-state index contributed by atoms with van der Waals surface area (Å²) in [6, 6.07) is 2.46. The number of hydrogen-bond donors (Lipinski definition) is 0. The van der Waals surface area contributed by atoms with Gasteiger partial charge in [0.05, 0.1) is 11.5 Å². The van der Waals surface area contributed by atoms with Crippen molar-refractivity contribution in [3.8, 4) is 6.07 Å². The molecular formula is C13H21N. The van der Waals surface area contributed by atoms with Crippen molar-refractivity contribution in [3.05, 3.63) is 23.8 Å². The first-order valence-corrected chi connectivity index (χ1v) is 5.26. The van der Waals surface area contributed by atoms with Gasteiger partial charge in [0, 0.05) is 0 Å². The molecule has 0 saturated carbocycles. The lowest BCUT2D eigenvalue weighted by molar-refractivity contribution is 0.389. The average molecular weight is 191 g/mol. The fourth-order valence-corrected chi connectivity index (χ4v) is 1.29. The maximum absolute atomic E-state index is 9.20. The Morgan fingerprint density at radius 1 is 1.36 bits per heavy atom. The second kappa shape index (κ2) is 6.43. The topological polar surface area (TPSA) is 23.8 Å². The SMILES string of the molecule is CC=CCC(C#N)(CC)CC=C(C)C. The standard InChI is InChI=1S/C13H21N/c1-5-7-9-13(6-2,11-14)10-8-12(3)4/h5,7-8H,6,9-10H2,1-4H3. The van der Waals surface area contributed by atoms with Gasteiger partial charge in [0.2, 0.25) is 0 Å². The molecule has 0 radical (unpaired) electrons. The Morgan fingerprint density at radius 2 is 2.00 bits per heavy atom. The van der Waals surface area contributed by atoms with Crippen LogP contribution in [0.5, 0.6) is 0 Å². The molecule has 78 valence electrons. The predicted molar refractivity (Wildman–Crippen MR) is 61.8 cm³/mol. The van der Waals surface area contributed by atoms with Crippen LogP contribution in [-0.4, -0.2) is 0 Å². The second-order valence-electron chi connectivity index (χ2n) is 4.00. The van der Waals surface area contributed by atoms with Crippen LogP contribution in [-0.2, 0) is 0 Å². The summed E-state index contributed by atoms with van der Waals surface area (Å²) in [6.45, 7) is 8.24. The van der Waals surface area contributed by atoms with Crippen molar-refractivity contribution in [1.29, 1.82) is 5.26 Å². The summed E-state index contributed by atoms with van der Waals surface area (Å²) in [5.41, 5.74) is 1.10. The van der Waals surface area contributed by atoms with Crippen molar-refractivity contribution in [2.45, 2.75) is 47.0 Å². The molecule has 1 heteroatoms. The molecule has 0 fully saturated rings. The Bertz CT molecular complexity index is 251. The van der Waals surface area contributed by atoms with Crippen LogP contribution in [0.2, 0.25) is 0 Å². The molecule has 0 aliphatic heterocycles. The maximum atomic E-state index is 9.20. The minimum atomic E-state index is -0.191. The number of rotatable bonds is 5. The maximum Gasteiger partial charge on any atom is 0.0696 e. The lowest BCUT2D eigenvalue weighted by Gasteiger charge is -2.21. The molecule has 0 aromatic carbocycles. The van der Waals surface area contributed by atoms with Crippen molar-refractivity contribution in [2.24, 2.45) is 5.41 Å². The number of nitrogens with zero attached hydrogens (tertiary/aromatic N) is 1. The Labute approximate surface area is 88.1 Å². The van der Waals surface area contributed by atoms with Crippen molar-refractivity contribution in [1.82, 2.24) is 0 Å². The molecule has 0 amide bonds. The third-order valence-corrected chi connectivity index (χ3v) is 2.56. The Kier molecular flexibility index (Phi) is 5.95. The van der Waals surface area contributed by atoms with E-state index in [2.05, 4.69) is 39.0 Å². The summed E-state index contributed by atoms with van der Waals surface area (Å²) in [6.07, 6.45) is 8.91. The summed E-state index contributed by atoms with van der Waals surface area (Å²) in [4.78, 5) is 0. The van der Waals surface area contributed by atoms with Crippen LogP contribution >= 0.6 is 0 Å². The molecule has 0 bridgehead atoms. The summed E-state index contributed by atoms with van der Waals surface area (Å²) < 4.78 is 0. The molecule has 0 aromatic rings. The van der Waals surface area contributed by atoms with Gasteiger partial charge in [0.25, 0.3) is 0 Å². The van der Waals surface area contributed by atoms with E-state index in [0.29, 0.717) is 0 Å². The minimum absolute atomic E-state index is 0.191. The largest absolute Gasteiger partial charge is 0.198 e. The lowest BCUT2D eigenvalue weighted by Crippen LogP contribution is -2.15. The molecule has 0 N–H and O–H groups in total. The van der Waals surface area contributed by atoms with Crippen molar-refractivity contribution >= 4 is 0 Å². The van der Waals surface area contributed by atoms with E-state index in [9.17, 15) is 5.26 Å². The van der Waals surface area contributed by atoms with Crippen LogP contribution in [0.25, 0.3) is 0 Å². The number of nitriles is 1. The first kappa shape index (κ1) is 13.0. The number of allylic oxidation sites excluding steroid dienone is 4. The molecule has 14 heavy (non-hydrogen) atoms. The first-order valence-electron chi connectivity index (χ1n) is 5.26. The zero-order valence-electron chi connectivity index (χ0n) is 9.80. The molecule has 0 rings (SSSR count). The van der Waals surface area contributed by atoms with Gasteiger partial charge in [-0.3, -0.25) is 0 Å². The van der Waals surface area contributed by atoms with Crippen LogP contribution < -0.4 is 0 Å². The second-order valence-corrected chi connectivity index (χ2v) is 4.00. The zero-order valence-corrected chi connectivity index (χ0v) is 9.80. The van der Waals surface area contributed by atoms with Gasteiger partial charge >= 0.3 is 0 Å². The van der Waals surface area contributed by atoms with E-state index in [0.717, 1.165) is 19.3 Å². The monoisotopic (exact) mass is 191 g/mol. The minimum Gasteiger partial charge on any atom is -0.198 e. The quantitative estimate of drug-likeness (QED) is 0.596. The van der Waals surface area contributed by atoms with E-state index in [1.807, 2.05) is 13.0 Å². The van der Waals surface area contributed by atoms with Gasteiger partial charge in [-0.2, -0.15) is 5.26 Å². The molecule has 0 aromatic heterocycles. The van der Waals surface area contributed by atoms with E-state index in [1.165, 1.54) is 5.57 Å². The van der Waals surface area contributed by atoms with Gasteiger partial charge in [-0.05, 0) is 40.0 Å². The molecule has 0 aliphatic rings. The summed E-state index contributed by atoms with van der Waals surface area (Å²) in [5, 5.41) is 9.20. The van der Waals surface area contributed by atoms with Crippen LogP contribution in [0.1, 0.15) is 47.0 Å². The van der Waals surface area contributed by atoms with Gasteiger partial charge in [-0.15, -0.1) is 0 Å². The molecular weight excluding hydrogens is 170 g/mol. The fraction of sp³-hybridized carbons (Fsp3) is 0.615. The van der Waals surface area contributed by atoms with Crippen molar-refractivity contribution in [2.75, 3.05) is 0 Å². The van der Waals surface area contributed by atoms with Crippen LogP contribution in [0, 0.1) is 16.7 Å². The van der Waals surface area contributed by atoms with E-state index in [4.69, 9.17) is 0 Å². The Hall–Kier alpha value is -1.03.